The van der Waals surface area contributed by atoms with Gasteiger partial charge in [-0.3, -0.25) is 4.79 Å². The fraction of sp³-hybridized carbons (Fsp3) is 0.533. The molecule has 4 nitrogen and oxygen atoms in total. The Labute approximate surface area is 128 Å². The molecule has 1 aliphatic rings. The lowest BCUT2D eigenvalue weighted by atomic mass is 9.92. The highest BCUT2D eigenvalue weighted by Gasteiger charge is 2.29. The van der Waals surface area contributed by atoms with Crippen LogP contribution in [-0.4, -0.2) is 18.5 Å². The van der Waals surface area contributed by atoms with Gasteiger partial charge in [0.15, 0.2) is 0 Å². The second-order valence-corrected chi connectivity index (χ2v) is 6.53. The maximum atomic E-state index is 11.4. The number of anilines is 1. The molecule has 0 spiro atoms. The fourth-order valence-corrected chi connectivity index (χ4v) is 3.49. The molecule has 1 aliphatic heterocycles. The average molecular weight is 340 g/mol. The number of carbonyl (C=O) groups is 1. The minimum Gasteiger partial charge on any atom is -0.369 e. The summed E-state index contributed by atoms with van der Waals surface area (Å²) in [4.78, 5) is 13.7. The molecule has 2 unspecified atom stereocenters. The zero-order valence-corrected chi connectivity index (χ0v) is 13.6. The van der Waals surface area contributed by atoms with Gasteiger partial charge in [-0.15, -0.1) is 0 Å². The second kappa shape index (κ2) is 6.14. The monoisotopic (exact) mass is 339 g/mol. The molecule has 110 valence electrons. The molecule has 1 aromatic rings. The third kappa shape index (κ3) is 3.15. The van der Waals surface area contributed by atoms with Crippen molar-refractivity contribution < 1.29 is 4.79 Å². The Morgan fingerprint density at radius 2 is 2.15 bits per heavy atom. The first-order chi connectivity index (χ1) is 9.40. The largest absolute Gasteiger partial charge is 0.369 e. The second-order valence-electron chi connectivity index (χ2n) is 5.67. The van der Waals surface area contributed by atoms with Crippen molar-refractivity contribution in [3.05, 3.63) is 28.2 Å². The Morgan fingerprint density at radius 3 is 2.70 bits per heavy atom. The van der Waals surface area contributed by atoms with E-state index in [4.69, 9.17) is 11.5 Å². The van der Waals surface area contributed by atoms with Crippen molar-refractivity contribution in [3.8, 4) is 0 Å². The number of piperidine rings is 1. The van der Waals surface area contributed by atoms with E-state index in [2.05, 4.69) is 39.9 Å². The highest BCUT2D eigenvalue weighted by molar-refractivity contribution is 9.10. The summed E-state index contributed by atoms with van der Waals surface area (Å²) in [5, 5.41) is 0. The van der Waals surface area contributed by atoms with Gasteiger partial charge in [0.2, 0.25) is 5.91 Å². The number of halogens is 1. The molecule has 4 N–H and O–H groups in total. The van der Waals surface area contributed by atoms with E-state index in [0.29, 0.717) is 12.6 Å². The standard InChI is InChI=1S/C15H22BrN3O/c1-9-3-4-11(15(18)20)8-19(9)12-5-6-13(10(2)17)14(16)7-12/h5-7,9-11H,3-4,8,17H2,1-2H3,(H2,18,20)/t9?,10-,11?/m0/s1. The normalized spacial score (nSPS) is 24.5. The van der Waals surface area contributed by atoms with Gasteiger partial charge in [0.1, 0.15) is 0 Å². The molecule has 0 aliphatic carbocycles. The molecule has 20 heavy (non-hydrogen) atoms. The third-order valence-electron chi connectivity index (χ3n) is 4.09. The predicted octanol–water partition coefficient (Wildman–Crippen LogP) is 2.56. The van der Waals surface area contributed by atoms with Crippen molar-refractivity contribution in [2.24, 2.45) is 17.4 Å². The van der Waals surface area contributed by atoms with Crippen molar-refractivity contribution in [3.63, 3.8) is 0 Å². The van der Waals surface area contributed by atoms with Crippen LogP contribution in [0, 0.1) is 5.92 Å². The number of carbonyl (C=O) groups excluding carboxylic acids is 1. The summed E-state index contributed by atoms with van der Waals surface area (Å²) in [5.41, 5.74) is 13.6. The lowest BCUT2D eigenvalue weighted by Gasteiger charge is -2.39. The Morgan fingerprint density at radius 1 is 1.45 bits per heavy atom. The van der Waals surface area contributed by atoms with Crippen LogP contribution in [0.1, 0.15) is 38.3 Å². The van der Waals surface area contributed by atoms with E-state index in [-0.39, 0.29) is 17.9 Å². The third-order valence-corrected chi connectivity index (χ3v) is 4.78. The van der Waals surface area contributed by atoms with Crippen molar-refractivity contribution in [1.82, 2.24) is 0 Å². The number of hydrogen-bond acceptors (Lipinski definition) is 3. The SMILES string of the molecule is CC1CCC(C(N)=O)CN1c1ccc([C@H](C)N)c(Br)c1. The molecular weight excluding hydrogens is 318 g/mol. The minimum atomic E-state index is -0.201. The fourth-order valence-electron chi connectivity index (χ4n) is 2.76. The van der Waals surface area contributed by atoms with E-state index in [0.717, 1.165) is 28.6 Å². The Bertz CT molecular complexity index is 504. The van der Waals surface area contributed by atoms with Crippen molar-refractivity contribution in [1.29, 1.82) is 0 Å². The zero-order chi connectivity index (χ0) is 14.9. The van der Waals surface area contributed by atoms with Crippen LogP contribution in [0.4, 0.5) is 5.69 Å². The molecule has 1 aromatic carbocycles. The van der Waals surface area contributed by atoms with Crippen molar-refractivity contribution in [2.75, 3.05) is 11.4 Å². The molecular formula is C15H22BrN3O. The van der Waals surface area contributed by atoms with Crippen LogP contribution in [0.25, 0.3) is 0 Å². The van der Waals surface area contributed by atoms with Gasteiger partial charge in [-0.05, 0) is 44.4 Å². The minimum absolute atomic E-state index is 0.00410. The summed E-state index contributed by atoms with van der Waals surface area (Å²) in [7, 11) is 0. The smallest absolute Gasteiger partial charge is 0.222 e. The molecule has 0 saturated carbocycles. The topological polar surface area (TPSA) is 72.4 Å². The van der Waals surface area contributed by atoms with Gasteiger partial charge in [-0.1, -0.05) is 22.0 Å². The highest BCUT2D eigenvalue weighted by atomic mass is 79.9. The van der Waals surface area contributed by atoms with Crippen LogP contribution in [-0.2, 0) is 4.79 Å². The van der Waals surface area contributed by atoms with Crippen LogP contribution in [0.15, 0.2) is 22.7 Å². The number of nitrogens with zero attached hydrogens (tertiary/aromatic N) is 1. The molecule has 0 bridgehead atoms. The Balaban J connectivity index is 2.25. The van der Waals surface area contributed by atoms with Crippen LogP contribution in [0.2, 0.25) is 0 Å². The van der Waals surface area contributed by atoms with Crippen LogP contribution < -0.4 is 16.4 Å². The van der Waals surface area contributed by atoms with Gasteiger partial charge < -0.3 is 16.4 Å². The van der Waals surface area contributed by atoms with Gasteiger partial charge in [0.05, 0.1) is 5.92 Å². The zero-order valence-electron chi connectivity index (χ0n) is 12.0. The van der Waals surface area contributed by atoms with Crippen LogP contribution >= 0.6 is 15.9 Å². The van der Waals surface area contributed by atoms with Gasteiger partial charge in [0.25, 0.3) is 0 Å². The molecule has 3 atom stereocenters. The molecule has 5 heteroatoms. The van der Waals surface area contributed by atoms with Crippen molar-refractivity contribution in [2.45, 2.75) is 38.8 Å². The number of nitrogens with two attached hydrogens (primary N) is 2. The van der Waals surface area contributed by atoms with Crippen LogP contribution in [0.3, 0.4) is 0 Å². The molecule has 1 heterocycles. The highest BCUT2D eigenvalue weighted by Crippen LogP contribution is 2.32. The quantitative estimate of drug-likeness (QED) is 0.888. The number of amides is 1. The van der Waals surface area contributed by atoms with Gasteiger partial charge >= 0.3 is 0 Å². The summed E-state index contributed by atoms with van der Waals surface area (Å²) in [6.07, 6.45) is 1.87. The molecule has 1 amide bonds. The van der Waals surface area contributed by atoms with E-state index in [1.54, 1.807) is 0 Å². The maximum Gasteiger partial charge on any atom is 0.222 e. The van der Waals surface area contributed by atoms with Gasteiger partial charge in [0, 0.05) is 28.8 Å². The Kier molecular flexibility index (Phi) is 4.70. The summed E-state index contributed by atoms with van der Waals surface area (Å²) in [5.74, 6) is -0.258. The molecule has 0 aromatic heterocycles. The average Bonchev–Trinajstić information content (AvgIpc) is 2.38. The lowest BCUT2D eigenvalue weighted by Crippen LogP contribution is -2.45. The van der Waals surface area contributed by atoms with Gasteiger partial charge in [-0.2, -0.15) is 0 Å². The summed E-state index contributed by atoms with van der Waals surface area (Å²) in [6.45, 7) is 4.84. The van der Waals surface area contributed by atoms with Gasteiger partial charge in [-0.25, -0.2) is 0 Å². The molecule has 0 radical (unpaired) electrons. The first kappa shape index (κ1) is 15.3. The first-order valence-electron chi connectivity index (χ1n) is 7.01. The number of hydrogen-bond donors (Lipinski definition) is 2. The number of primary amides is 1. The van der Waals surface area contributed by atoms with E-state index < -0.39 is 0 Å². The molecule has 1 saturated heterocycles. The Hall–Kier alpha value is -1.07. The van der Waals surface area contributed by atoms with E-state index in [1.165, 1.54) is 0 Å². The summed E-state index contributed by atoms with van der Waals surface area (Å²) in [6, 6.07) is 6.61. The lowest BCUT2D eigenvalue weighted by molar-refractivity contribution is -0.122. The summed E-state index contributed by atoms with van der Waals surface area (Å²) < 4.78 is 1.01. The number of rotatable bonds is 3. The van der Waals surface area contributed by atoms with E-state index in [9.17, 15) is 4.79 Å². The predicted molar refractivity (Wildman–Crippen MR) is 85.5 cm³/mol. The first-order valence-corrected chi connectivity index (χ1v) is 7.80. The van der Waals surface area contributed by atoms with E-state index >= 15 is 0 Å². The molecule has 2 rings (SSSR count). The maximum absolute atomic E-state index is 11.4. The molecule has 1 fully saturated rings. The van der Waals surface area contributed by atoms with Crippen molar-refractivity contribution >= 4 is 27.5 Å². The van der Waals surface area contributed by atoms with Crippen LogP contribution in [0.5, 0.6) is 0 Å². The number of benzene rings is 1. The van der Waals surface area contributed by atoms with E-state index in [1.807, 2.05) is 13.0 Å². The summed E-state index contributed by atoms with van der Waals surface area (Å²) >= 11 is 3.58.